The van der Waals surface area contributed by atoms with E-state index in [-0.39, 0.29) is 11.2 Å². The van der Waals surface area contributed by atoms with E-state index in [1.165, 1.54) is 6.20 Å². The van der Waals surface area contributed by atoms with Crippen LogP contribution in [0.3, 0.4) is 0 Å². The van der Waals surface area contributed by atoms with Crippen LogP contribution in [-0.2, 0) is 12.0 Å². The third-order valence-corrected chi connectivity index (χ3v) is 7.85. The number of hydrogen-bond donors (Lipinski definition) is 1. The van der Waals surface area contributed by atoms with Gasteiger partial charge in [-0.3, -0.25) is 0 Å². The van der Waals surface area contributed by atoms with E-state index in [1.807, 2.05) is 31.3 Å². The van der Waals surface area contributed by atoms with Gasteiger partial charge in [0.15, 0.2) is 5.82 Å². The molecule has 0 bridgehead atoms. The molecule has 0 amide bonds. The minimum Gasteiger partial charge on any atom is -0.369 e. The van der Waals surface area contributed by atoms with Gasteiger partial charge in [0.25, 0.3) is 0 Å². The van der Waals surface area contributed by atoms with Crippen molar-refractivity contribution in [3.63, 3.8) is 0 Å². The Labute approximate surface area is 216 Å². The number of rotatable bonds is 5. The first-order valence-electron chi connectivity index (χ1n) is 12.9. The molecule has 0 unspecified atom stereocenters. The smallest absolute Gasteiger partial charge is 0.229 e. The van der Waals surface area contributed by atoms with Gasteiger partial charge in [-0.2, -0.15) is 0 Å². The van der Waals surface area contributed by atoms with E-state index in [9.17, 15) is 4.39 Å². The maximum atomic E-state index is 15.0. The van der Waals surface area contributed by atoms with Crippen LogP contribution in [0.1, 0.15) is 38.1 Å². The summed E-state index contributed by atoms with van der Waals surface area (Å²) in [5, 5.41) is 3.14. The number of fused-ring (bicyclic) bond motifs is 3. The molecule has 0 spiro atoms. The van der Waals surface area contributed by atoms with Crippen LogP contribution in [0.4, 0.5) is 21.8 Å². The van der Waals surface area contributed by atoms with Gasteiger partial charge in [0.05, 0.1) is 29.1 Å². The maximum absolute atomic E-state index is 15.0. The summed E-state index contributed by atoms with van der Waals surface area (Å²) in [6.45, 7) is 8.48. The van der Waals surface area contributed by atoms with Gasteiger partial charge in [0.2, 0.25) is 5.95 Å². The zero-order valence-corrected chi connectivity index (χ0v) is 22.1. The maximum Gasteiger partial charge on any atom is 0.229 e. The topological polar surface area (TPSA) is 75.0 Å². The van der Waals surface area contributed by atoms with Crippen LogP contribution in [0.25, 0.3) is 22.3 Å². The first-order valence-corrected chi connectivity index (χ1v) is 12.9. The second kappa shape index (κ2) is 8.76. The monoisotopic (exact) mass is 500 g/mol. The Balaban J connectivity index is 1.27. The van der Waals surface area contributed by atoms with Crippen LogP contribution < -0.4 is 10.2 Å². The molecule has 1 aromatic carbocycles. The van der Waals surface area contributed by atoms with Gasteiger partial charge in [-0.25, -0.2) is 24.3 Å². The molecule has 1 saturated heterocycles. The highest BCUT2D eigenvalue weighted by Gasteiger charge is 2.33. The van der Waals surface area contributed by atoms with Crippen LogP contribution in [0.2, 0.25) is 0 Å². The fourth-order valence-corrected chi connectivity index (χ4v) is 5.69. The van der Waals surface area contributed by atoms with Gasteiger partial charge in [-0.1, -0.05) is 0 Å². The van der Waals surface area contributed by atoms with Crippen molar-refractivity contribution in [3.05, 3.63) is 53.9 Å². The lowest BCUT2D eigenvalue weighted by Gasteiger charge is -2.22. The summed E-state index contributed by atoms with van der Waals surface area (Å²) in [7, 11) is 4.25. The van der Waals surface area contributed by atoms with Crippen molar-refractivity contribution < 1.29 is 4.39 Å². The average molecular weight is 501 g/mol. The molecule has 8 nitrogen and oxygen atoms in total. The summed E-state index contributed by atoms with van der Waals surface area (Å²) < 4.78 is 17.3. The highest BCUT2D eigenvalue weighted by molar-refractivity contribution is 5.86. The quantitative estimate of drug-likeness (QED) is 0.418. The lowest BCUT2D eigenvalue weighted by Crippen LogP contribution is -2.31. The Kier molecular flexibility index (Phi) is 5.63. The molecule has 2 aliphatic rings. The fourth-order valence-electron chi connectivity index (χ4n) is 5.69. The average Bonchev–Trinajstić information content (AvgIpc) is 3.57. The van der Waals surface area contributed by atoms with Crippen molar-refractivity contribution in [2.24, 2.45) is 0 Å². The molecular formula is C28H33FN8. The lowest BCUT2D eigenvalue weighted by atomic mass is 10.0. The summed E-state index contributed by atoms with van der Waals surface area (Å²) in [6.07, 6.45) is 6.22. The van der Waals surface area contributed by atoms with Gasteiger partial charge < -0.3 is 19.7 Å². The zero-order chi connectivity index (χ0) is 25.9. The van der Waals surface area contributed by atoms with Crippen LogP contribution >= 0.6 is 0 Å². The molecule has 3 aromatic heterocycles. The molecule has 6 rings (SSSR count). The van der Waals surface area contributed by atoms with Gasteiger partial charge >= 0.3 is 0 Å². The SMILES string of the molecule is Cc1cc(-c2nc(Nc3ccc(N4CC[C@H](N(C)C)C4)cn3)ncc2F)cc2c1nc1n2C(C)(C)CC1. The molecule has 0 aliphatic carbocycles. The normalized spacial score (nSPS) is 18.7. The number of anilines is 3. The summed E-state index contributed by atoms with van der Waals surface area (Å²) >= 11 is 0. The number of hydrogen-bond acceptors (Lipinski definition) is 7. The van der Waals surface area contributed by atoms with Crippen molar-refractivity contribution >= 4 is 28.5 Å². The second-order valence-electron chi connectivity index (χ2n) is 11.1. The van der Waals surface area contributed by atoms with Gasteiger partial charge in [-0.05, 0) is 77.5 Å². The van der Waals surface area contributed by atoms with Crippen LogP contribution in [0.15, 0.2) is 36.7 Å². The molecule has 5 heterocycles. The molecule has 37 heavy (non-hydrogen) atoms. The first-order chi connectivity index (χ1) is 17.7. The summed E-state index contributed by atoms with van der Waals surface area (Å²) in [5.74, 6) is 1.55. The summed E-state index contributed by atoms with van der Waals surface area (Å²) in [5.41, 5.74) is 5.05. The molecule has 9 heteroatoms. The van der Waals surface area contributed by atoms with Crippen molar-refractivity contribution in [2.45, 2.75) is 51.6 Å². The molecule has 0 saturated carbocycles. The van der Waals surface area contributed by atoms with E-state index in [2.05, 4.69) is 68.6 Å². The highest BCUT2D eigenvalue weighted by Crippen LogP contribution is 2.38. The largest absolute Gasteiger partial charge is 0.369 e. The number of aryl methyl sites for hydroxylation is 2. The fraction of sp³-hybridized carbons (Fsp3) is 0.429. The van der Waals surface area contributed by atoms with Gasteiger partial charge in [0.1, 0.15) is 17.3 Å². The van der Waals surface area contributed by atoms with Crippen molar-refractivity contribution in [2.75, 3.05) is 37.4 Å². The Morgan fingerprint density at radius 3 is 2.68 bits per heavy atom. The number of nitrogens with zero attached hydrogens (tertiary/aromatic N) is 7. The van der Waals surface area contributed by atoms with Crippen molar-refractivity contribution in [3.8, 4) is 11.3 Å². The Morgan fingerprint density at radius 1 is 1.11 bits per heavy atom. The van der Waals surface area contributed by atoms with Crippen LogP contribution in [-0.4, -0.2) is 62.6 Å². The molecule has 1 fully saturated rings. The van der Waals surface area contributed by atoms with E-state index in [1.54, 1.807) is 0 Å². The number of likely N-dealkylation sites (N-methyl/N-ethyl adjacent to an activating group) is 1. The number of nitrogens with one attached hydrogen (secondary N) is 1. The van der Waals surface area contributed by atoms with E-state index in [0.717, 1.165) is 60.5 Å². The standard InChI is InChI=1S/C28H33FN8/c1-17-12-18(13-22-25(17)33-24-8-10-28(2,3)37(22)24)26-21(29)15-31-27(34-26)32-23-7-6-19(14-30-23)36-11-9-20(16-36)35(4)5/h6-7,12-15,20H,8-11,16H2,1-5H3,(H,30,31,32,34)/t20-/m0/s1. The number of halogens is 1. The second-order valence-corrected chi connectivity index (χ2v) is 11.1. The molecule has 192 valence electrons. The van der Waals surface area contributed by atoms with Gasteiger partial charge in [-0.15, -0.1) is 0 Å². The summed E-state index contributed by atoms with van der Waals surface area (Å²) in [4.78, 5) is 22.8. The van der Waals surface area contributed by atoms with Gasteiger partial charge in [0, 0.05) is 36.7 Å². The highest BCUT2D eigenvalue weighted by atomic mass is 19.1. The Hall–Kier alpha value is -3.59. The molecule has 1 N–H and O–H groups in total. The number of imidazole rings is 1. The molecule has 4 aromatic rings. The molecule has 1 atom stereocenters. The zero-order valence-electron chi connectivity index (χ0n) is 22.1. The number of pyridine rings is 1. The Bertz CT molecular complexity index is 1470. The third kappa shape index (κ3) is 4.21. The van der Waals surface area contributed by atoms with E-state index >= 15 is 0 Å². The first kappa shape index (κ1) is 23.8. The van der Waals surface area contributed by atoms with E-state index < -0.39 is 5.82 Å². The van der Waals surface area contributed by atoms with Crippen LogP contribution in [0.5, 0.6) is 0 Å². The van der Waals surface area contributed by atoms with E-state index in [0.29, 0.717) is 23.4 Å². The Morgan fingerprint density at radius 2 is 1.95 bits per heavy atom. The molecule has 0 radical (unpaired) electrons. The number of benzene rings is 1. The van der Waals surface area contributed by atoms with Crippen LogP contribution in [0, 0.1) is 12.7 Å². The molecule has 2 aliphatic heterocycles. The lowest BCUT2D eigenvalue weighted by molar-refractivity contribution is 0.315. The molecular weight excluding hydrogens is 467 g/mol. The summed E-state index contributed by atoms with van der Waals surface area (Å²) in [6, 6.07) is 8.49. The van der Waals surface area contributed by atoms with Crippen molar-refractivity contribution in [1.29, 1.82) is 0 Å². The predicted molar refractivity (Wildman–Crippen MR) is 145 cm³/mol. The minimum atomic E-state index is -0.461. The van der Waals surface area contributed by atoms with E-state index in [4.69, 9.17) is 4.98 Å². The van der Waals surface area contributed by atoms with Crippen molar-refractivity contribution in [1.82, 2.24) is 29.4 Å². The third-order valence-electron chi connectivity index (χ3n) is 7.85. The predicted octanol–water partition coefficient (Wildman–Crippen LogP) is 4.90. The minimum absolute atomic E-state index is 0.0215. The number of aromatic nitrogens is 5.